The van der Waals surface area contributed by atoms with Gasteiger partial charge in [0.05, 0.1) is 19.0 Å². The molecule has 112 valence electrons. The highest BCUT2D eigenvalue weighted by Gasteiger charge is 2.21. The van der Waals surface area contributed by atoms with E-state index >= 15 is 0 Å². The summed E-state index contributed by atoms with van der Waals surface area (Å²) in [5.74, 6) is 0.235. The number of nitrogens with zero attached hydrogens (tertiary/aromatic N) is 1. The van der Waals surface area contributed by atoms with Crippen molar-refractivity contribution in [2.24, 2.45) is 0 Å². The molecule has 0 aliphatic carbocycles. The largest absolute Gasteiger partial charge is 0.495 e. The number of nitrogens with one attached hydrogen (secondary N) is 1. The van der Waals surface area contributed by atoms with E-state index in [9.17, 15) is 8.42 Å². The van der Waals surface area contributed by atoms with Crippen LogP contribution < -0.4 is 15.2 Å². The SMILES string of the molecule is COc1cc(C)c(N)cc1S(=O)(=O)Nc1ccc(Br)nc1. The molecule has 0 atom stereocenters. The monoisotopic (exact) mass is 371 g/mol. The van der Waals surface area contributed by atoms with Crippen LogP contribution in [-0.2, 0) is 10.0 Å². The maximum atomic E-state index is 12.4. The van der Waals surface area contributed by atoms with Crippen LogP contribution >= 0.6 is 15.9 Å². The number of pyridine rings is 1. The van der Waals surface area contributed by atoms with Crippen molar-refractivity contribution in [2.45, 2.75) is 11.8 Å². The van der Waals surface area contributed by atoms with Gasteiger partial charge in [0.2, 0.25) is 0 Å². The van der Waals surface area contributed by atoms with Gasteiger partial charge in [0.25, 0.3) is 10.0 Å². The first-order valence-corrected chi connectivity index (χ1v) is 8.19. The van der Waals surface area contributed by atoms with Crippen molar-refractivity contribution in [3.05, 3.63) is 40.6 Å². The van der Waals surface area contributed by atoms with Crippen LogP contribution in [0.2, 0.25) is 0 Å². The van der Waals surface area contributed by atoms with Gasteiger partial charge in [-0.25, -0.2) is 13.4 Å². The molecule has 0 aliphatic heterocycles. The quantitative estimate of drug-likeness (QED) is 0.635. The fraction of sp³-hybridized carbons (Fsp3) is 0.154. The zero-order valence-electron chi connectivity index (χ0n) is 11.4. The number of ether oxygens (including phenoxy) is 1. The lowest BCUT2D eigenvalue weighted by molar-refractivity contribution is 0.402. The molecular formula is C13H14BrN3O3S. The number of aromatic nitrogens is 1. The molecular weight excluding hydrogens is 358 g/mol. The highest BCUT2D eigenvalue weighted by Crippen LogP contribution is 2.30. The number of benzene rings is 1. The molecule has 2 aromatic rings. The summed E-state index contributed by atoms with van der Waals surface area (Å²) in [6.07, 6.45) is 1.41. The summed E-state index contributed by atoms with van der Waals surface area (Å²) in [4.78, 5) is 3.95. The molecule has 8 heteroatoms. The molecule has 1 aromatic carbocycles. The number of methoxy groups -OCH3 is 1. The first-order chi connectivity index (χ1) is 9.83. The molecule has 1 heterocycles. The van der Waals surface area contributed by atoms with Gasteiger partial charge in [0.15, 0.2) is 0 Å². The molecule has 0 bridgehead atoms. The summed E-state index contributed by atoms with van der Waals surface area (Å²) >= 11 is 3.19. The number of rotatable bonds is 4. The molecule has 0 fully saturated rings. The molecule has 0 unspecified atom stereocenters. The van der Waals surface area contributed by atoms with Gasteiger partial charge in [-0.15, -0.1) is 0 Å². The molecule has 1 aromatic heterocycles. The van der Waals surface area contributed by atoms with E-state index < -0.39 is 10.0 Å². The van der Waals surface area contributed by atoms with Gasteiger partial charge < -0.3 is 10.5 Å². The predicted molar refractivity (Wildman–Crippen MR) is 84.9 cm³/mol. The van der Waals surface area contributed by atoms with Gasteiger partial charge in [0.1, 0.15) is 15.2 Å². The van der Waals surface area contributed by atoms with Crippen LogP contribution in [0.25, 0.3) is 0 Å². The smallest absolute Gasteiger partial charge is 0.265 e. The Bertz CT molecular complexity index is 761. The first kappa shape index (κ1) is 15.6. The standard InChI is InChI=1S/C13H14BrN3O3S/c1-8-5-11(20-2)12(6-10(8)15)21(18,19)17-9-3-4-13(14)16-7-9/h3-7,17H,15H2,1-2H3. The minimum atomic E-state index is -3.82. The summed E-state index contributed by atoms with van der Waals surface area (Å²) in [6, 6.07) is 6.20. The van der Waals surface area contributed by atoms with E-state index in [1.165, 1.54) is 19.4 Å². The Hall–Kier alpha value is -1.80. The number of anilines is 2. The Kier molecular flexibility index (Phi) is 4.38. The minimum absolute atomic E-state index is 0.0176. The number of halogens is 1. The maximum absolute atomic E-state index is 12.4. The average Bonchev–Trinajstić information content (AvgIpc) is 2.43. The van der Waals surface area contributed by atoms with Crippen molar-refractivity contribution in [1.82, 2.24) is 4.98 Å². The highest BCUT2D eigenvalue weighted by atomic mass is 79.9. The van der Waals surface area contributed by atoms with Gasteiger partial charge in [-0.3, -0.25) is 4.72 Å². The van der Waals surface area contributed by atoms with E-state index in [4.69, 9.17) is 10.5 Å². The van der Waals surface area contributed by atoms with Crippen LogP contribution in [0.3, 0.4) is 0 Å². The normalized spacial score (nSPS) is 11.2. The zero-order valence-corrected chi connectivity index (χ0v) is 13.8. The second-order valence-electron chi connectivity index (χ2n) is 4.33. The van der Waals surface area contributed by atoms with E-state index in [1.54, 1.807) is 25.1 Å². The fourth-order valence-corrected chi connectivity index (χ4v) is 3.16. The third-order valence-corrected chi connectivity index (χ3v) is 4.69. The summed E-state index contributed by atoms with van der Waals surface area (Å²) < 4.78 is 33.1. The summed E-state index contributed by atoms with van der Waals surface area (Å²) in [5.41, 5.74) is 7.26. The number of nitrogen functional groups attached to an aromatic ring is 1. The Labute approximate surface area is 131 Å². The fourth-order valence-electron chi connectivity index (χ4n) is 1.69. The molecule has 0 radical (unpaired) electrons. The molecule has 3 N–H and O–H groups in total. The van der Waals surface area contributed by atoms with Crippen molar-refractivity contribution >= 4 is 37.3 Å². The van der Waals surface area contributed by atoms with E-state index in [0.717, 1.165) is 5.56 Å². The van der Waals surface area contributed by atoms with Crippen LogP contribution in [0.15, 0.2) is 40.0 Å². The number of hydrogen-bond donors (Lipinski definition) is 2. The number of hydrogen-bond acceptors (Lipinski definition) is 5. The predicted octanol–water partition coefficient (Wildman–Crippen LogP) is 2.54. The molecule has 0 saturated heterocycles. The summed E-state index contributed by atoms with van der Waals surface area (Å²) in [5, 5.41) is 0. The van der Waals surface area contributed by atoms with E-state index in [2.05, 4.69) is 25.6 Å². The third kappa shape index (κ3) is 3.45. The van der Waals surface area contributed by atoms with Gasteiger partial charge in [-0.05, 0) is 52.7 Å². The van der Waals surface area contributed by atoms with Crippen LogP contribution in [0.5, 0.6) is 5.75 Å². The average molecular weight is 372 g/mol. The lowest BCUT2D eigenvalue weighted by atomic mass is 10.2. The van der Waals surface area contributed by atoms with Crippen molar-refractivity contribution in [3.63, 3.8) is 0 Å². The molecule has 6 nitrogen and oxygen atoms in total. The molecule has 0 aliphatic rings. The van der Waals surface area contributed by atoms with Crippen LogP contribution in [0.1, 0.15) is 5.56 Å². The topological polar surface area (TPSA) is 94.3 Å². The third-order valence-electron chi connectivity index (χ3n) is 2.82. The Morgan fingerprint density at radius 3 is 2.62 bits per heavy atom. The van der Waals surface area contributed by atoms with Gasteiger partial charge in [-0.2, -0.15) is 0 Å². The van der Waals surface area contributed by atoms with Crippen LogP contribution in [0.4, 0.5) is 11.4 Å². The van der Waals surface area contributed by atoms with E-state index in [-0.39, 0.29) is 10.6 Å². The Morgan fingerprint density at radius 1 is 1.33 bits per heavy atom. The van der Waals surface area contributed by atoms with Crippen LogP contribution in [0, 0.1) is 6.92 Å². The minimum Gasteiger partial charge on any atom is -0.495 e. The van der Waals surface area contributed by atoms with Crippen molar-refractivity contribution in [3.8, 4) is 5.75 Å². The van der Waals surface area contributed by atoms with E-state index in [0.29, 0.717) is 16.0 Å². The number of sulfonamides is 1. The van der Waals surface area contributed by atoms with Crippen molar-refractivity contribution in [2.75, 3.05) is 17.6 Å². The molecule has 0 saturated carbocycles. The second kappa shape index (κ2) is 5.90. The van der Waals surface area contributed by atoms with E-state index in [1.807, 2.05) is 0 Å². The first-order valence-electron chi connectivity index (χ1n) is 5.92. The van der Waals surface area contributed by atoms with Gasteiger partial charge in [0, 0.05) is 5.69 Å². The van der Waals surface area contributed by atoms with Crippen molar-refractivity contribution in [1.29, 1.82) is 0 Å². The summed E-state index contributed by atoms with van der Waals surface area (Å²) in [7, 11) is -2.41. The van der Waals surface area contributed by atoms with Crippen LogP contribution in [-0.4, -0.2) is 20.5 Å². The molecule has 0 spiro atoms. The zero-order chi connectivity index (χ0) is 15.6. The van der Waals surface area contributed by atoms with Gasteiger partial charge in [-0.1, -0.05) is 0 Å². The Morgan fingerprint density at radius 2 is 2.05 bits per heavy atom. The second-order valence-corrected chi connectivity index (χ2v) is 6.80. The van der Waals surface area contributed by atoms with Crippen molar-refractivity contribution < 1.29 is 13.2 Å². The van der Waals surface area contributed by atoms with Gasteiger partial charge >= 0.3 is 0 Å². The Balaban J connectivity index is 2.44. The number of nitrogens with two attached hydrogens (primary N) is 1. The highest BCUT2D eigenvalue weighted by molar-refractivity contribution is 9.10. The number of aryl methyl sites for hydroxylation is 1. The maximum Gasteiger partial charge on any atom is 0.265 e. The molecule has 2 rings (SSSR count). The molecule has 21 heavy (non-hydrogen) atoms. The molecule has 0 amide bonds. The lowest BCUT2D eigenvalue weighted by Gasteiger charge is -2.13. The summed E-state index contributed by atoms with van der Waals surface area (Å²) in [6.45, 7) is 1.78. The lowest BCUT2D eigenvalue weighted by Crippen LogP contribution is -2.15.